The Morgan fingerprint density at radius 2 is 2.20 bits per heavy atom. The zero-order chi connectivity index (χ0) is 15.1. The van der Waals surface area contributed by atoms with Gasteiger partial charge in [-0.05, 0) is 32.0 Å². The first kappa shape index (κ1) is 16.8. The molecule has 0 saturated heterocycles. The number of thioether (sulfide) groups is 1. The van der Waals surface area contributed by atoms with Gasteiger partial charge in [-0.3, -0.25) is 9.59 Å². The second-order valence-electron chi connectivity index (χ2n) is 3.87. The number of amides is 1. The van der Waals surface area contributed by atoms with Crippen molar-refractivity contribution in [3.63, 3.8) is 0 Å². The minimum atomic E-state index is -0.474. The number of carbonyl (C=O) groups excluding carboxylic acids is 2. The average molecular weight is 320 g/mol. The van der Waals surface area contributed by atoms with Gasteiger partial charge < -0.3 is 10.1 Å². The zero-order valence-electron chi connectivity index (χ0n) is 11.1. The molecular weight excluding hydrogens is 305 g/mol. The van der Waals surface area contributed by atoms with E-state index in [9.17, 15) is 14.0 Å². The summed E-state index contributed by atoms with van der Waals surface area (Å²) in [6, 6.07) is 3.71. The molecule has 0 aliphatic rings. The fourth-order valence-corrected chi connectivity index (χ4v) is 2.19. The fraction of sp³-hybridized carbons (Fsp3) is 0.385. The van der Waals surface area contributed by atoms with Gasteiger partial charge in [0.15, 0.2) is 0 Å². The number of anilines is 1. The lowest BCUT2D eigenvalue weighted by atomic mass is 10.3. The van der Waals surface area contributed by atoms with Crippen LogP contribution >= 0.6 is 23.4 Å². The number of ether oxygens (including phenoxy) is 1. The number of carbonyl (C=O) groups is 2. The Balaban J connectivity index is 2.51. The summed E-state index contributed by atoms with van der Waals surface area (Å²) in [6.07, 6.45) is 0. The van der Waals surface area contributed by atoms with Crippen molar-refractivity contribution in [3.05, 3.63) is 29.0 Å². The third-order valence-corrected chi connectivity index (χ3v) is 3.74. The van der Waals surface area contributed by atoms with Crippen molar-refractivity contribution in [1.29, 1.82) is 0 Å². The van der Waals surface area contributed by atoms with Crippen LogP contribution in [0.15, 0.2) is 18.2 Å². The van der Waals surface area contributed by atoms with E-state index in [4.69, 9.17) is 16.3 Å². The zero-order valence-corrected chi connectivity index (χ0v) is 12.7. The van der Waals surface area contributed by atoms with E-state index in [0.29, 0.717) is 12.3 Å². The number of nitrogens with one attached hydrogen (secondary N) is 1. The van der Waals surface area contributed by atoms with Crippen LogP contribution in [0.25, 0.3) is 0 Å². The molecule has 1 amide bonds. The summed E-state index contributed by atoms with van der Waals surface area (Å²) in [6.45, 7) is 3.69. The van der Waals surface area contributed by atoms with Crippen molar-refractivity contribution in [2.24, 2.45) is 0 Å². The Morgan fingerprint density at radius 3 is 2.80 bits per heavy atom. The highest BCUT2D eigenvalue weighted by molar-refractivity contribution is 8.01. The highest BCUT2D eigenvalue weighted by atomic mass is 35.5. The first-order valence-electron chi connectivity index (χ1n) is 5.97. The van der Waals surface area contributed by atoms with E-state index in [2.05, 4.69) is 5.32 Å². The first-order valence-corrected chi connectivity index (χ1v) is 7.39. The summed E-state index contributed by atoms with van der Waals surface area (Å²) < 4.78 is 17.6. The van der Waals surface area contributed by atoms with Crippen LogP contribution in [0.3, 0.4) is 0 Å². The van der Waals surface area contributed by atoms with Gasteiger partial charge in [-0.1, -0.05) is 11.6 Å². The van der Waals surface area contributed by atoms with Crippen LogP contribution in [0, 0.1) is 5.82 Å². The molecule has 0 aliphatic carbocycles. The van der Waals surface area contributed by atoms with Crippen molar-refractivity contribution < 1.29 is 18.7 Å². The van der Waals surface area contributed by atoms with E-state index < -0.39 is 11.1 Å². The summed E-state index contributed by atoms with van der Waals surface area (Å²) >= 11 is 6.97. The third-order valence-electron chi connectivity index (χ3n) is 2.31. The van der Waals surface area contributed by atoms with E-state index >= 15 is 0 Å². The van der Waals surface area contributed by atoms with Crippen LogP contribution < -0.4 is 5.32 Å². The standard InChI is InChI=1S/C13H15ClFNO3S/c1-3-19-12(17)7-20-8(2)13(18)16-11-5-4-9(15)6-10(11)14/h4-6,8H,3,7H2,1-2H3,(H,16,18)/t8-/m0/s1. The normalized spacial score (nSPS) is 11.8. The Bertz CT molecular complexity index is 499. The fourth-order valence-electron chi connectivity index (χ4n) is 1.30. The summed E-state index contributed by atoms with van der Waals surface area (Å²) in [5.41, 5.74) is 0.335. The van der Waals surface area contributed by atoms with Crippen LogP contribution in [0.2, 0.25) is 5.02 Å². The molecule has 0 bridgehead atoms. The van der Waals surface area contributed by atoms with Crippen molar-refractivity contribution in [2.45, 2.75) is 19.1 Å². The molecule has 0 aliphatic heterocycles. The van der Waals surface area contributed by atoms with Crippen LogP contribution in [-0.4, -0.2) is 29.5 Å². The molecule has 0 aromatic heterocycles. The first-order chi connectivity index (χ1) is 9.43. The molecule has 0 radical (unpaired) electrons. The smallest absolute Gasteiger partial charge is 0.315 e. The molecule has 1 aromatic carbocycles. The molecule has 1 atom stereocenters. The van der Waals surface area contributed by atoms with Crippen LogP contribution in [0.1, 0.15) is 13.8 Å². The maximum absolute atomic E-state index is 12.9. The molecule has 1 N–H and O–H groups in total. The van der Waals surface area contributed by atoms with E-state index in [1.165, 1.54) is 12.1 Å². The van der Waals surface area contributed by atoms with Gasteiger partial charge in [0, 0.05) is 0 Å². The van der Waals surface area contributed by atoms with Crippen LogP contribution in [0.5, 0.6) is 0 Å². The Kier molecular flexibility index (Phi) is 6.81. The molecule has 7 heteroatoms. The number of rotatable bonds is 6. The van der Waals surface area contributed by atoms with Crippen LogP contribution in [-0.2, 0) is 14.3 Å². The molecule has 0 fully saturated rings. The molecule has 0 spiro atoms. The molecule has 1 aromatic rings. The van der Waals surface area contributed by atoms with Crippen LogP contribution in [0.4, 0.5) is 10.1 Å². The van der Waals surface area contributed by atoms with Gasteiger partial charge in [-0.2, -0.15) is 0 Å². The topological polar surface area (TPSA) is 55.4 Å². The van der Waals surface area contributed by atoms with Crippen molar-refractivity contribution in [2.75, 3.05) is 17.7 Å². The molecule has 1 rings (SSSR count). The van der Waals surface area contributed by atoms with E-state index in [0.717, 1.165) is 17.8 Å². The quantitative estimate of drug-likeness (QED) is 0.819. The number of benzene rings is 1. The van der Waals surface area contributed by atoms with Gasteiger partial charge in [-0.15, -0.1) is 11.8 Å². The highest BCUT2D eigenvalue weighted by Gasteiger charge is 2.16. The predicted octanol–water partition coefficient (Wildman–Crippen LogP) is 3.10. The molecular formula is C13H15ClFNO3S. The second-order valence-corrected chi connectivity index (χ2v) is 5.61. The number of esters is 1. The highest BCUT2D eigenvalue weighted by Crippen LogP contribution is 2.23. The minimum Gasteiger partial charge on any atom is -0.465 e. The monoisotopic (exact) mass is 319 g/mol. The molecule has 0 saturated carbocycles. The van der Waals surface area contributed by atoms with E-state index in [1.54, 1.807) is 13.8 Å². The maximum atomic E-state index is 12.9. The molecule has 110 valence electrons. The molecule has 0 unspecified atom stereocenters. The number of hydrogen-bond donors (Lipinski definition) is 1. The lowest BCUT2D eigenvalue weighted by molar-refractivity contribution is -0.139. The molecule has 20 heavy (non-hydrogen) atoms. The van der Waals surface area contributed by atoms with Gasteiger partial charge in [-0.25, -0.2) is 4.39 Å². The predicted molar refractivity (Wildman–Crippen MR) is 78.6 cm³/mol. The van der Waals surface area contributed by atoms with Crippen molar-refractivity contribution >= 4 is 40.9 Å². The summed E-state index contributed by atoms with van der Waals surface area (Å²) in [5, 5.41) is 2.25. The summed E-state index contributed by atoms with van der Waals surface area (Å²) in [4.78, 5) is 23.1. The third kappa shape index (κ3) is 5.38. The Labute approximate surface area is 126 Å². The lowest BCUT2D eigenvalue weighted by Crippen LogP contribution is -2.24. The van der Waals surface area contributed by atoms with Crippen molar-refractivity contribution in [3.8, 4) is 0 Å². The maximum Gasteiger partial charge on any atom is 0.315 e. The van der Waals surface area contributed by atoms with Gasteiger partial charge in [0.25, 0.3) is 0 Å². The molecule has 0 heterocycles. The second kappa shape index (κ2) is 8.11. The summed E-state index contributed by atoms with van der Waals surface area (Å²) in [7, 11) is 0. The lowest BCUT2D eigenvalue weighted by Gasteiger charge is -2.12. The average Bonchev–Trinajstić information content (AvgIpc) is 2.39. The molecule has 4 nitrogen and oxygen atoms in total. The Morgan fingerprint density at radius 1 is 1.50 bits per heavy atom. The van der Waals surface area contributed by atoms with Crippen molar-refractivity contribution in [1.82, 2.24) is 0 Å². The largest absolute Gasteiger partial charge is 0.465 e. The van der Waals surface area contributed by atoms with Gasteiger partial charge in [0.1, 0.15) is 5.82 Å². The Hall–Kier alpha value is -1.27. The number of hydrogen-bond acceptors (Lipinski definition) is 4. The van der Waals surface area contributed by atoms with E-state index in [1.807, 2.05) is 0 Å². The van der Waals surface area contributed by atoms with Gasteiger partial charge >= 0.3 is 5.97 Å². The number of halogens is 2. The van der Waals surface area contributed by atoms with E-state index in [-0.39, 0.29) is 22.7 Å². The minimum absolute atomic E-state index is 0.0968. The summed E-state index contributed by atoms with van der Waals surface area (Å²) in [5.74, 6) is -1.05. The van der Waals surface area contributed by atoms with Gasteiger partial charge in [0.2, 0.25) is 5.91 Å². The SMILES string of the molecule is CCOC(=O)CS[C@@H](C)C(=O)Nc1ccc(F)cc1Cl. The van der Waals surface area contributed by atoms with Gasteiger partial charge in [0.05, 0.1) is 28.3 Å².